The smallest absolute Gasteiger partial charge is 0.224 e. The van der Waals surface area contributed by atoms with Gasteiger partial charge in [-0.25, -0.2) is 0 Å². The van der Waals surface area contributed by atoms with Gasteiger partial charge in [-0.2, -0.15) is 0 Å². The van der Waals surface area contributed by atoms with Crippen molar-refractivity contribution in [2.45, 2.75) is 133 Å². The second-order valence-corrected chi connectivity index (χ2v) is 12.5. The SMILES string of the molecule is CCC(CC)CC(C)CNC(=O)CC(CC(=O)NCC(C)CC(CC)CC)C(=O)NCC(C)CC(CC)CC. The first kappa shape index (κ1) is 37.4. The first-order valence-electron chi connectivity index (χ1n) is 16.3. The summed E-state index contributed by atoms with van der Waals surface area (Å²) in [5, 5.41) is 9.13. The summed E-state index contributed by atoms with van der Waals surface area (Å²) in [6.45, 7) is 21.6. The molecule has 0 aliphatic carbocycles. The molecular weight excluding hydrogens is 486 g/mol. The van der Waals surface area contributed by atoms with Gasteiger partial charge in [-0.15, -0.1) is 0 Å². The maximum atomic E-state index is 13.2. The van der Waals surface area contributed by atoms with Crippen LogP contribution in [0, 0.1) is 41.4 Å². The molecule has 0 aliphatic rings. The topological polar surface area (TPSA) is 87.3 Å². The molecule has 0 rings (SSSR count). The lowest BCUT2D eigenvalue weighted by Gasteiger charge is -2.22. The number of amides is 3. The number of carbonyl (C=O) groups is 3. The van der Waals surface area contributed by atoms with Crippen molar-refractivity contribution in [1.29, 1.82) is 0 Å². The van der Waals surface area contributed by atoms with Crippen LogP contribution in [-0.4, -0.2) is 37.4 Å². The average Bonchev–Trinajstić information content (AvgIpc) is 2.93. The quantitative estimate of drug-likeness (QED) is 0.126. The van der Waals surface area contributed by atoms with Gasteiger partial charge in [0.15, 0.2) is 0 Å². The third-order valence-electron chi connectivity index (χ3n) is 8.83. The number of hydrogen-bond acceptors (Lipinski definition) is 3. The summed E-state index contributed by atoms with van der Waals surface area (Å²) in [7, 11) is 0. The molecule has 230 valence electrons. The predicted octanol–water partition coefficient (Wildman–Crippen LogP) is 7.12. The second-order valence-electron chi connectivity index (χ2n) is 12.5. The molecule has 0 fully saturated rings. The maximum Gasteiger partial charge on any atom is 0.224 e. The second kappa shape index (κ2) is 22.1. The minimum absolute atomic E-state index is 0.0428. The monoisotopic (exact) mass is 552 g/mol. The summed E-state index contributed by atoms with van der Waals surface area (Å²) in [4.78, 5) is 38.9. The van der Waals surface area contributed by atoms with Crippen molar-refractivity contribution in [1.82, 2.24) is 16.0 Å². The molecule has 3 unspecified atom stereocenters. The molecular formula is C33H65N3O3. The van der Waals surface area contributed by atoms with Gasteiger partial charge < -0.3 is 16.0 Å². The summed E-state index contributed by atoms with van der Waals surface area (Å²) in [6.07, 6.45) is 10.2. The molecule has 0 aromatic carbocycles. The zero-order valence-electron chi connectivity index (χ0n) is 27.2. The van der Waals surface area contributed by atoms with Crippen LogP contribution in [0.3, 0.4) is 0 Å². The Morgan fingerprint density at radius 1 is 0.487 bits per heavy atom. The molecule has 39 heavy (non-hydrogen) atoms. The highest BCUT2D eigenvalue weighted by Crippen LogP contribution is 2.21. The van der Waals surface area contributed by atoms with Crippen molar-refractivity contribution < 1.29 is 14.4 Å². The summed E-state index contributed by atoms with van der Waals surface area (Å²) in [6, 6.07) is 0. The van der Waals surface area contributed by atoms with E-state index in [1.165, 1.54) is 0 Å². The zero-order valence-corrected chi connectivity index (χ0v) is 27.2. The minimum Gasteiger partial charge on any atom is -0.356 e. The normalized spacial score (nSPS) is 14.8. The lowest BCUT2D eigenvalue weighted by molar-refractivity contribution is -0.133. The van der Waals surface area contributed by atoms with Crippen molar-refractivity contribution in [3.63, 3.8) is 0 Å². The molecule has 0 bridgehead atoms. The van der Waals surface area contributed by atoms with E-state index >= 15 is 0 Å². The Balaban J connectivity index is 5.08. The Morgan fingerprint density at radius 2 is 0.769 bits per heavy atom. The molecule has 0 spiro atoms. The van der Waals surface area contributed by atoms with Gasteiger partial charge in [-0.3, -0.25) is 14.4 Å². The van der Waals surface area contributed by atoms with Crippen LogP contribution in [0.2, 0.25) is 0 Å². The fourth-order valence-corrected chi connectivity index (χ4v) is 5.67. The van der Waals surface area contributed by atoms with E-state index in [1.54, 1.807) is 0 Å². The first-order chi connectivity index (χ1) is 18.5. The molecule has 3 atom stereocenters. The van der Waals surface area contributed by atoms with Crippen LogP contribution in [-0.2, 0) is 14.4 Å². The van der Waals surface area contributed by atoms with Crippen LogP contribution >= 0.6 is 0 Å². The van der Waals surface area contributed by atoms with Gasteiger partial charge in [-0.05, 0) is 54.8 Å². The standard InChI is InChI=1S/C33H65N3O3/c1-10-27(11-2)16-24(7)21-34-31(37)19-30(33(39)36-23-26(9)18-29(14-5)15-6)20-32(38)35-22-25(8)17-28(12-3)13-4/h24-30H,10-23H2,1-9H3,(H,34,37)(H,35,38)(H,36,39). The van der Waals surface area contributed by atoms with Crippen LogP contribution in [0.5, 0.6) is 0 Å². The predicted molar refractivity (Wildman–Crippen MR) is 165 cm³/mol. The Kier molecular flexibility index (Phi) is 21.2. The number of rotatable bonds is 23. The van der Waals surface area contributed by atoms with Gasteiger partial charge >= 0.3 is 0 Å². The Labute approximate surface area is 242 Å². The number of nitrogens with one attached hydrogen (secondary N) is 3. The van der Waals surface area contributed by atoms with E-state index < -0.39 is 5.92 Å². The van der Waals surface area contributed by atoms with Gasteiger partial charge in [0.1, 0.15) is 0 Å². The van der Waals surface area contributed by atoms with Crippen molar-refractivity contribution in [3.05, 3.63) is 0 Å². The highest BCUT2D eigenvalue weighted by Gasteiger charge is 2.26. The lowest BCUT2D eigenvalue weighted by atomic mass is 9.91. The molecule has 0 aliphatic heterocycles. The van der Waals surface area contributed by atoms with E-state index in [9.17, 15) is 14.4 Å². The van der Waals surface area contributed by atoms with Gasteiger partial charge in [0.2, 0.25) is 17.7 Å². The Bertz CT molecular complexity index is 619. The minimum atomic E-state index is -0.658. The summed E-state index contributed by atoms with van der Waals surface area (Å²) in [5.74, 6) is 2.00. The summed E-state index contributed by atoms with van der Waals surface area (Å²) >= 11 is 0. The third kappa shape index (κ3) is 17.7. The molecule has 3 N–H and O–H groups in total. The Morgan fingerprint density at radius 3 is 1.05 bits per heavy atom. The number of hydrogen-bond donors (Lipinski definition) is 3. The lowest BCUT2D eigenvalue weighted by Crippen LogP contribution is -2.40. The van der Waals surface area contributed by atoms with Crippen LogP contribution in [0.1, 0.15) is 133 Å². The van der Waals surface area contributed by atoms with Crippen LogP contribution in [0.4, 0.5) is 0 Å². The average molecular weight is 552 g/mol. The molecule has 0 aromatic heterocycles. The molecule has 0 saturated heterocycles. The van der Waals surface area contributed by atoms with Crippen LogP contribution < -0.4 is 16.0 Å². The zero-order chi connectivity index (χ0) is 29.8. The molecule has 0 saturated carbocycles. The fraction of sp³-hybridized carbons (Fsp3) is 0.909. The van der Waals surface area contributed by atoms with Crippen molar-refractivity contribution in [2.75, 3.05) is 19.6 Å². The first-order valence-corrected chi connectivity index (χ1v) is 16.3. The molecule has 6 heteroatoms. The highest BCUT2D eigenvalue weighted by molar-refractivity contribution is 5.90. The third-order valence-corrected chi connectivity index (χ3v) is 8.83. The largest absolute Gasteiger partial charge is 0.356 e. The van der Waals surface area contributed by atoms with E-state index in [2.05, 4.69) is 78.3 Å². The van der Waals surface area contributed by atoms with Gasteiger partial charge in [0, 0.05) is 32.5 Å². The molecule has 3 amide bonds. The van der Waals surface area contributed by atoms with Crippen molar-refractivity contribution >= 4 is 17.7 Å². The summed E-state index contributed by atoms with van der Waals surface area (Å²) < 4.78 is 0. The van der Waals surface area contributed by atoms with Gasteiger partial charge in [0.25, 0.3) is 0 Å². The van der Waals surface area contributed by atoms with Crippen LogP contribution in [0.25, 0.3) is 0 Å². The number of carbonyl (C=O) groups excluding carboxylic acids is 3. The summed E-state index contributed by atoms with van der Waals surface area (Å²) in [5.41, 5.74) is 0. The van der Waals surface area contributed by atoms with Crippen LogP contribution in [0.15, 0.2) is 0 Å². The van der Waals surface area contributed by atoms with E-state index in [1.807, 2.05) is 0 Å². The molecule has 0 heterocycles. The maximum absolute atomic E-state index is 13.2. The Hall–Kier alpha value is -1.59. The fourth-order valence-electron chi connectivity index (χ4n) is 5.67. The molecule has 0 radical (unpaired) electrons. The highest BCUT2D eigenvalue weighted by atomic mass is 16.2. The van der Waals surface area contributed by atoms with Gasteiger partial charge in [0.05, 0.1) is 5.92 Å². The van der Waals surface area contributed by atoms with Crippen molar-refractivity contribution in [2.24, 2.45) is 41.4 Å². The van der Waals surface area contributed by atoms with E-state index in [-0.39, 0.29) is 30.6 Å². The molecule has 6 nitrogen and oxygen atoms in total. The van der Waals surface area contributed by atoms with E-state index in [0.29, 0.717) is 55.1 Å². The van der Waals surface area contributed by atoms with Crippen molar-refractivity contribution in [3.8, 4) is 0 Å². The molecule has 0 aromatic rings. The van der Waals surface area contributed by atoms with E-state index in [0.717, 1.165) is 57.8 Å². The van der Waals surface area contributed by atoms with E-state index in [4.69, 9.17) is 0 Å². The van der Waals surface area contributed by atoms with Gasteiger partial charge in [-0.1, -0.05) is 101 Å².